The van der Waals surface area contributed by atoms with Crippen LogP contribution < -0.4 is 4.90 Å². The van der Waals surface area contributed by atoms with Crippen LogP contribution in [0.3, 0.4) is 0 Å². The van der Waals surface area contributed by atoms with Crippen molar-refractivity contribution in [2.24, 2.45) is 0 Å². The number of rotatable bonds is 5. The van der Waals surface area contributed by atoms with Gasteiger partial charge in [-0.1, -0.05) is 5.16 Å². The fourth-order valence-corrected chi connectivity index (χ4v) is 4.38. The monoisotopic (exact) mass is 337 g/mol. The summed E-state index contributed by atoms with van der Waals surface area (Å²) in [6, 6.07) is 1.75. The van der Waals surface area contributed by atoms with E-state index in [0.29, 0.717) is 11.6 Å². The highest BCUT2D eigenvalue weighted by Crippen LogP contribution is 2.40. The maximum atomic E-state index is 12.7. The van der Waals surface area contributed by atoms with Crippen LogP contribution in [0.4, 0.5) is 5.95 Å². The predicted molar refractivity (Wildman–Crippen MR) is 81.7 cm³/mol. The van der Waals surface area contributed by atoms with Crippen molar-refractivity contribution in [3.8, 4) is 0 Å². The minimum atomic E-state index is -3.60. The normalized spacial score (nSPS) is 19.2. The highest BCUT2D eigenvalue weighted by atomic mass is 32.2. The Hall–Kier alpha value is -1.90. The van der Waals surface area contributed by atoms with Gasteiger partial charge in [0.05, 0.1) is 5.69 Å². The molecule has 1 aliphatic carbocycles. The lowest BCUT2D eigenvalue weighted by Gasteiger charge is -2.27. The molecule has 0 amide bonds. The van der Waals surface area contributed by atoms with Crippen molar-refractivity contribution >= 4 is 15.8 Å². The zero-order valence-electron chi connectivity index (χ0n) is 12.8. The first kappa shape index (κ1) is 14.7. The van der Waals surface area contributed by atoms with Crippen LogP contribution in [0.1, 0.15) is 43.8 Å². The van der Waals surface area contributed by atoms with Crippen molar-refractivity contribution in [1.82, 2.24) is 19.9 Å². The zero-order valence-corrected chi connectivity index (χ0v) is 13.6. The number of piperidine rings is 1. The highest BCUT2D eigenvalue weighted by molar-refractivity contribution is 7.90. The Morgan fingerprint density at radius 1 is 1.17 bits per heavy atom. The number of sulfone groups is 1. The van der Waals surface area contributed by atoms with E-state index < -0.39 is 9.84 Å². The van der Waals surface area contributed by atoms with Crippen molar-refractivity contribution in [3.05, 3.63) is 18.0 Å². The van der Waals surface area contributed by atoms with Crippen LogP contribution in [-0.2, 0) is 15.6 Å². The predicted octanol–water partition coefficient (Wildman–Crippen LogP) is 1.57. The van der Waals surface area contributed by atoms with E-state index >= 15 is 0 Å². The molecule has 0 atom stereocenters. The second-order valence-electron chi connectivity index (χ2n) is 6.18. The minimum absolute atomic E-state index is 0.0589. The fraction of sp³-hybridized carbons (Fsp3) is 0.643. The van der Waals surface area contributed by atoms with Gasteiger partial charge < -0.3 is 9.42 Å². The Labute approximate surface area is 134 Å². The molecule has 124 valence electrons. The average molecular weight is 337 g/mol. The summed E-state index contributed by atoms with van der Waals surface area (Å²) in [5, 5.41) is 12.0. The Bertz CT molecular complexity index is 773. The van der Waals surface area contributed by atoms with E-state index in [2.05, 4.69) is 20.3 Å². The van der Waals surface area contributed by atoms with Gasteiger partial charge >= 0.3 is 0 Å². The molecule has 9 heteroatoms. The zero-order chi connectivity index (χ0) is 15.9. The SMILES string of the molecule is O=S(=O)(Cc1ccon1)c1nnc(N2CCCCC2)n1C1CC1. The van der Waals surface area contributed by atoms with Crippen molar-refractivity contribution < 1.29 is 12.9 Å². The van der Waals surface area contributed by atoms with Crippen molar-refractivity contribution in [3.63, 3.8) is 0 Å². The van der Waals surface area contributed by atoms with E-state index in [0.717, 1.165) is 38.8 Å². The number of hydrogen-bond acceptors (Lipinski definition) is 7. The number of aromatic nitrogens is 4. The summed E-state index contributed by atoms with van der Waals surface area (Å²) in [5.41, 5.74) is 0.384. The molecule has 0 spiro atoms. The Balaban J connectivity index is 1.69. The maximum absolute atomic E-state index is 12.7. The molecule has 2 fully saturated rings. The summed E-state index contributed by atoms with van der Waals surface area (Å²) in [6.07, 6.45) is 6.76. The van der Waals surface area contributed by atoms with Crippen LogP contribution in [0.5, 0.6) is 0 Å². The van der Waals surface area contributed by atoms with Gasteiger partial charge in [0.15, 0.2) is 0 Å². The maximum Gasteiger partial charge on any atom is 0.251 e. The number of nitrogens with zero attached hydrogens (tertiary/aromatic N) is 5. The van der Waals surface area contributed by atoms with Crippen LogP contribution >= 0.6 is 0 Å². The summed E-state index contributed by atoms with van der Waals surface area (Å²) in [5.74, 6) is 0.486. The lowest BCUT2D eigenvalue weighted by Crippen LogP contribution is -2.32. The van der Waals surface area contributed by atoms with Gasteiger partial charge in [-0.05, 0) is 32.1 Å². The molecule has 2 aromatic rings. The summed E-state index contributed by atoms with van der Waals surface area (Å²) in [4.78, 5) is 2.16. The van der Waals surface area contributed by atoms with E-state index in [4.69, 9.17) is 4.52 Å². The summed E-state index contributed by atoms with van der Waals surface area (Å²) >= 11 is 0. The van der Waals surface area contributed by atoms with Crippen molar-refractivity contribution in [2.45, 2.75) is 49.1 Å². The molecular weight excluding hydrogens is 318 g/mol. The molecule has 1 aliphatic heterocycles. The van der Waals surface area contributed by atoms with E-state index in [1.807, 2.05) is 4.57 Å². The lowest BCUT2D eigenvalue weighted by atomic mass is 10.1. The largest absolute Gasteiger partial charge is 0.364 e. The molecule has 8 nitrogen and oxygen atoms in total. The molecule has 2 aromatic heterocycles. The lowest BCUT2D eigenvalue weighted by molar-refractivity contribution is 0.413. The molecular formula is C14H19N5O3S. The van der Waals surface area contributed by atoms with Gasteiger partial charge in [0.2, 0.25) is 15.8 Å². The first-order chi connectivity index (χ1) is 11.1. The van der Waals surface area contributed by atoms with Gasteiger partial charge in [0.1, 0.15) is 12.0 Å². The molecule has 23 heavy (non-hydrogen) atoms. The second-order valence-corrected chi connectivity index (χ2v) is 8.06. The molecule has 1 saturated heterocycles. The molecule has 3 heterocycles. The van der Waals surface area contributed by atoms with Crippen LogP contribution in [0.15, 0.2) is 22.0 Å². The smallest absolute Gasteiger partial charge is 0.251 e. The molecule has 4 rings (SSSR count). The summed E-state index contributed by atoms with van der Waals surface area (Å²) < 4.78 is 32.0. The topological polar surface area (TPSA) is 94.1 Å². The number of anilines is 1. The van der Waals surface area contributed by atoms with E-state index in [1.54, 1.807) is 6.07 Å². The van der Waals surface area contributed by atoms with Crippen LogP contribution in [0.2, 0.25) is 0 Å². The van der Waals surface area contributed by atoms with Gasteiger partial charge in [0.25, 0.3) is 5.16 Å². The third-order valence-corrected chi connectivity index (χ3v) is 5.82. The van der Waals surface area contributed by atoms with E-state index in [9.17, 15) is 8.42 Å². The summed E-state index contributed by atoms with van der Waals surface area (Å²) in [7, 11) is -3.60. The Morgan fingerprint density at radius 2 is 1.96 bits per heavy atom. The van der Waals surface area contributed by atoms with Crippen LogP contribution in [0.25, 0.3) is 0 Å². The number of hydrogen-bond donors (Lipinski definition) is 0. The fourth-order valence-electron chi connectivity index (χ4n) is 3.01. The molecule has 0 N–H and O–H groups in total. The molecule has 0 radical (unpaired) electrons. The molecule has 2 aliphatic rings. The third kappa shape index (κ3) is 2.85. The third-order valence-electron chi connectivity index (χ3n) is 4.30. The van der Waals surface area contributed by atoms with Crippen molar-refractivity contribution in [2.75, 3.05) is 18.0 Å². The molecule has 0 aromatic carbocycles. The quantitative estimate of drug-likeness (QED) is 0.817. The average Bonchev–Trinajstić information content (AvgIpc) is 3.08. The summed E-state index contributed by atoms with van der Waals surface area (Å²) in [6.45, 7) is 1.82. The van der Waals surface area contributed by atoms with Gasteiger partial charge in [-0.3, -0.25) is 4.57 Å². The van der Waals surface area contributed by atoms with Gasteiger partial charge in [-0.25, -0.2) is 8.42 Å². The van der Waals surface area contributed by atoms with Gasteiger partial charge in [-0.15, -0.1) is 10.2 Å². The van der Waals surface area contributed by atoms with E-state index in [1.165, 1.54) is 12.7 Å². The van der Waals surface area contributed by atoms with Gasteiger partial charge in [0, 0.05) is 25.2 Å². The second kappa shape index (κ2) is 5.63. The molecule has 0 bridgehead atoms. The minimum Gasteiger partial charge on any atom is -0.364 e. The highest BCUT2D eigenvalue weighted by Gasteiger charge is 2.36. The molecule has 0 unspecified atom stereocenters. The van der Waals surface area contributed by atoms with Crippen LogP contribution in [0, 0.1) is 0 Å². The Kier molecular flexibility index (Phi) is 3.59. The van der Waals surface area contributed by atoms with Crippen molar-refractivity contribution in [1.29, 1.82) is 0 Å². The first-order valence-electron chi connectivity index (χ1n) is 7.97. The van der Waals surface area contributed by atoms with Crippen LogP contribution in [-0.4, -0.2) is 41.4 Å². The standard InChI is InChI=1S/C14H19N5O3S/c20-23(21,10-11-6-9-22-17-11)14-16-15-13(19(14)12-4-5-12)18-7-2-1-3-8-18/h6,9,12H,1-5,7-8,10H2. The van der Waals surface area contributed by atoms with E-state index in [-0.39, 0.29) is 17.0 Å². The first-order valence-corrected chi connectivity index (χ1v) is 9.62. The molecule has 1 saturated carbocycles. The van der Waals surface area contributed by atoms with Gasteiger partial charge in [-0.2, -0.15) is 0 Å². The Morgan fingerprint density at radius 3 is 2.61 bits per heavy atom.